The van der Waals surface area contributed by atoms with Crippen LogP contribution in [-0.2, 0) is 9.53 Å². The summed E-state index contributed by atoms with van der Waals surface area (Å²) in [7, 11) is 1.29. The molecule has 0 saturated heterocycles. The number of carbonyl (C=O) groups excluding carboxylic acids is 2. The fourth-order valence-electron chi connectivity index (χ4n) is 2.77. The molecule has 9 heteroatoms. The lowest BCUT2D eigenvalue weighted by Gasteiger charge is -2.04. The van der Waals surface area contributed by atoms with Crippen molar-refractivity contribution in [2.45, 2.75) is 20.8 Å². The number of hydrogen-bond acceptors (Lipinski definition) is 6. The quantitative estimate of drug-likeness (QED) is 0.507. The topological polar surface area (TPSA) is 86.1 Å². The van der Waals surface area contributed by atoms with Gasteiger partial charge in [-0.3, -0.25) is 10.1 Å². The predicted molar refractivity (Wildman–Crippen MR) is 109 cm³/mol. The van der Waals surface area contributed by atoms with Crippen LogP contribution in [0.15, 0.2) is 30.3 Å². The second kappa shape index (κ2) is 8.36. The van der Waals surface area contributed by atoms with Crippen LogP contribution in [-0.4, -0.2) is 33.8 Å². The molecule has 0 bridgehead atoms. The highest BCUT2D eigenvalue weighted by atomic mass is 32.1. The third-order valence-corrected chi connectivity index (χ3v) is 5.27. The molecule has 7 nitrogen and oxygen atoms in total. The van der Waals surface area contributed by atoms with Crippen LogP contribution >= 0.6 is 11.3 Å². The van der Waals surface area contributed by atoms with Crippen LogP contribution in [0.5, 0.6) is 0 Å². The Labute approximate surface area is 170 Å². The highest BCUT2D eigenvalue weighted by molar-refractivity contribution is 7.17. The standard InChI is InChI=1S/C20H19FN4O3S/c1-11-16(13(3)25(24-11)15-7-5-14(21)6-8-15)9-10-17(26)23-20-22-12(2)18(29-20)19(27)28-4/h5-10H,1-4H3,(H,22,23,26)/b10-9+. The summed E-state index contributed by atoms with van der Waals surface area (Å²) in [6, 6.07) is 6.01. The lowest BCUT2D eigenvalue weighted by molar-refractivity contribution is -0.111. The van der Waals surface area contributed by atoms with Crippen LogP contribution < -0.4 is 5.32 Å². The van der Waals surface area contributed by atoms with Crippen molar-refractivity contribution in [2.24, 2.45) is 0 Å². The molecule has 0 aliphatic heterocycles. The zero-order valence-corrected chi connectivity index (χ0v) is 17.1. The highest BCUT2D eigenvalue weighted by Gasteiger charge is 2.16. The van der Waals surface area contributed by atoms with Gasteiger partial charge in [-0.15, -0.1) is 0 Å². The Bertz CT molecular complexity index is 1100. The number of thiazole rings is 1. The van der Waals surface area contributed by atoms with Gasteiger partial charge in [0.2, 0.25) is 5.91 Å². The highest BCUT2D eigenvalue weighted by Crippen LogP contribution is 2.24. The van der Waals surface area contributed by atoms with Gasteiger partial charge in [-0.2, -0.15) is 5.10 Å². The van der Waals surface area contributed by atoms with Gasteiger partial charge in [-0.25, -0.2) is 18.9 Å². The lowest BCUT2D eigenvalue weighted by Crippen LogP contribution is -2.07. The Morgan fingerprint density at radius 3 is 2.52 bits per heavy atom. The molecule has 3 aromatic rings. The van der Waals surface area contributed by atoms with E-state index in [1.54, 1.807) is 29.8 Å². The first-order valence-corrected chi connectivity index (χ1v) is 9.48. The minimum atomic E-state index is -0.490. The monoisotopic (exact) mass is 414 g/mol. The van der Waals surface area contributed by atoms with Gasteiger partial charge >= 0.3 is 5.97 Å². The number of nitrogens with zero attached hydrogens (tertiary/aromatic N) is 3. The first kappa shape index (κ1) is 20.4. The van der Waals surface area contributed by atoms with E-state index in [9.17, 15) is 14.0 Å². The number of nitrogens with one attached hydrogen (secondary N) is 1. The maximum Gasteiger partial charge on any atom is 0.350 e. The van der Waals surface area contributed by atoms with E-state index in [0.717, 1.165) is 34.0 Å². The van der Waals surface area contributed by atoms with Crippen LogP contribution in [0.25, 0.3) is 11.8 Å². The van der Waals surface area contributed by atoms with Gasteiger partial charge in [0.1, 0.15) is 10.7 Å². The van der Waals surface area contributed by atoms with Crippen LogP contribution in [0.2, 0.25) is 0 Å². The molecular weight excluding hydrogens is 395 g/mol. The fourth-order valence-corrected chi connectivity index (χ4v) is 3.66. The number of rotatable bonds is 5. The van der Waals surface area contributed by atoms with Crippen molar-refractivity contribution in [2.75, 3.05) is 12.4 Å². The van der Waals surface area contributed by atoms with E-state index in [4.69, 9.17) is 0 Å². The fraction of sp³-hybridized carbons (Fsp3) is 0.200. The Morgan fingerprint density at radius 1 is 1.17 bits per heavy atom. The number of halogens is 1. The number of amides is 1. The third kappa shape index (κ3) is 4.40. The van der Waals surface area contributed by atoms with Crippen LogP contribution in [0.3, 0.4) is 0 Å². The first-order chi connectivity index (χ1) is 13.8. The molecule has 2 heterocycles. The van der Waals surface area contributed by atoms with E-state index in [0.29, 0.717) is 15.7 Å². The molecule has 0 fully saturated rings. The Balaban J connectivity index is 1.77. The molecule has 3 rings (SSSR count). The summed E-state index contributed by atoms with van der Waals surface area (Å²) in [4.78, 5) is 28.4. The van der Waals surface area contributed by atoms with Crippen molar-refractivity contribution in [3.8, 4) is 5.69 Å². The summed E-state index contributed by atoms with van der Waals surface area (Å²) in [5.74, 6) is -1.20. The number of ether oxygens (including phenoxy) is 1. The smallest absolute Gasteiger partial charge is 0.350 e. The van der Waals surface area contributed by atoms with Crippen molar-refractivity contribution in [1.29, 1.82) is 0 Å². The average molecular weight is 414 g/mol. The second-order valence-electron chi connectivity index (χ2n) is 6.22. The van der Waals surface area contributed by atoms with Crippen molar-refractivity contribution < 1.29 is 18.7 Å². The third-order valence-electron chi connectivity index (χ3n) is 4.22. The number of hydrogen-bond donors (Lipinski definition) is 1. The molecule has 2 aromatic heterocycles. The normalized spacial score (nSPS) is 11.1. The molecular formula is C20H19FN4O3S. The van der Waals surface area contributed by atoms with Crippen molar-refractivity contribution in [3.63, 3.8) is 0 Å². The van der Waals surface area contributed by atoms with E-state index in [-0.39, 0.29) is 11.7 Å². The number of benzene rings is 1. The zero-order chi connectivity index (χ0) is 21.1. The van der Waals surface area contributed by atoms with E-state index in [2.05, 4.69) is 20.1 Å². The molecule has 1 aromatic carbocycles. The minimum absolute atomic E-state index is 0.313. The molecule has 0 aliphatic rings. The van der Waals surface area contributed by atoms with Gasteiger partial charge in [0.25, 0.3) is 0 Å². The van der Waals surface area contributed by atoms with Crippen molar-refractivity contribution >= 4 is 34.4 Å². The first-order valence-electron chi connectivity index (χ1n) is 8.67. The van der Waals surface area contributed by atoms with E-state index >= 15 is 0 Å². The molecule has 0 aliphatic carbocycles. The van der Waals surface area contributed by atoms with Crippen LogP contribution in [0, 0.1) is 26.6 Å². The van der Waals surface area contributed by atoms with Gasteiger partial charge in [-0.05, 0) is 51.1 Å². The summed E-state index contributed by atoms with van der Waals surface area (Å²) < 4.78 is 19.5. The summed E-state index contributed by atoms with van der Waals surface area (Å²) in [6.07, 6.45) is 3.04. The molecule has 29 heavy (non-hydrogen) atoms. The molecule has 0 unspecified atom stereocenters. The number of anilines is 1. The summed E-state index contributed by atoms with van der Waals surface area (Å²) in [5, 5.41) is 7.42. The Hall–Kier alpha value is -3.33. The maximum atomic E-state index is 13.2. The average Bonchev–Trinajstić information content (AvgIpc) is 3.19. The molecule has 0 spiro atoms. The Morgan fingerprint density at radius 2 is 1.86 bits per heavy atom. The molecule has 0 radical (unpaired) electrons. The molecule has 150 valence electrons. The lowest BCUT2D eigenvalue weighted by atomic mass is 10.2. The number of carbonyl (C=O) groups is 2. The van der Waals surface area contributed by atoms with Gasteiger partial charge in [0.05, 0.1) is 24.2 Å². The number of aromatic nitrogens is 3. The second-order valence-corrected chi connectivity index (χ2v) is 7.22. The minimum Gasteiger partial charge on any atom is -0.465 e. The van der Waals surface area contributed by atoms with Gasteiger partial charge in [-0.1, -0.05) is 11.3 Å². The maximum absolute atomic E-state index is 13.2. The van der Waals surface area contributed by atoms with Crippen LogP contribution in [0.1, 0.15) is 32.3 Å². The van der Waals surface area contributed by atoms with Gasteiger partial charge in [0, 0.05) is 17.3 Å². The van der Waals surface area contributed by atoms with Crippen molar-refractivity contribution in [1.82, 2.24) is 14.8 Å². The summed E-state index contributed by atoms with van der Waals surface area (Å²) in [6.45, 7) is 5.37. The van der Waals surface area contributed by atoms with E-state index in [1.165, 1.54) is 25.3 Å². The molecule has 0 atom stereocenters. The summed E-state index contributed by atoms with van der Waals surface area (Å²) >= 11 is 1.05. The SMILES string of the molecule is COC(=O)c1sc(NC(=O)/C=C/c2c(C)nn(-c3ccc(F)cc3)c2C)nc1C. The molecule has 0 saturated carbocycles. The number of esters is 1. The Kier molecular flexibility index (Phi) is 5.88. The van der Waals surface area contributed by atoms with Gasteiger partial charge in [0.15, 0.2) is 5.13 Å². The van der Waals surface area contributed by atoms with E-state index < -0.39 is 5.97 Å². The molecule has 1 N–H and O–H groups in total. The largest absolute Gasteiger partial charge is 0.465 e. The van der Waals surface area contributed by atoms with E-state index in [1.807, 2.05) is 13.8 Å². The van der Waals surface area contributed by atoms with Gasteiger partial charge < -0.3 is 4.74 Å². The molecule has 1 amide bonds. The zero-order valence-electron chi connectivity index (χ0n) is 16.3. The van der Waals surface area contributed by atoms with Crippen LogP contribution in [0.4, 0.5) is 9.52 Å². The summed E-state index contributed by atoms with van der Waals surface area (Å²) in [5.41, 5.74) is 3.55. The van der Waals surface area contributed by atoms with Crippen molar-refractivity contribution in [3.05, 3.63) is 63.7 Å². The predicted octanol–water partition coefficient (Wildman–Crippen LogP) is 3.83. The number of aryl methyl sites for hydroxylation is 2. The number of methoxy groups -OCH3 is 1.